The van der Waals surface area contributed by atoms with E-state index in [1.807, 2.05) is 55.5 Å². The fraction of sp³-hybridized carbons (Fsp3) is 0.257. The Morgan fingerprint density at radius 2 is 1.42 bits per heavy atom. The summed E-state index contributed by atoms with van der Waals surface area (Å²) < 4.78 is 31.1. The summed E-state index contributed by atoms with van der Waals surface area (Å²) in [6, 6.07) is 30.6. The summed E-state index contributed by atoms with van der Waals surface area (Å²) in [5, 5.41) is 16.9. The van der Waals surface area contributed by atoms with Crippen molar-refractivity contribution in [2.45, 2.75) is 62.0 Å². The van der Waals surface area contributed by atoms with Gasteiger partial charge >= 0.3 is 5.97 Å². The van der Waals surface area contributed by atoms with Crippen molar-refractivity contribution in [3.05, 3.63) is 131 Å². The minimum Gasteiger partial charge on any atom is -0.512 e. The molecule has 0 amide bonds. The van der Waals surface area contributed by atoms with Crippen molar-refractivity contribution in [1.29, 1.82) is 0 Å². The highest BCUT2D eigenvalue weighted by molar-refractivity contribution is 7.89. The number of nitrogens with two attached hydrogens (primary N) is 1. The number of primary sulfonamides is 1. The van der Waals surface area contributed by atoms with Crippen molar-refractivity contribution in [1.82, 2.24) is 4.98 Å². The standard InChI is InChI=1S/C35H36N2O5S/c1-2-27(28-16-9-10-17-29(28)30-18-11-23-37-33(30)43(36,40)41)32-31(38)24-35(42-34(32)39,21-19-25-12-5-3-6-13-25)22-20-26-14-7-4-8-15-26/h3-18,23,27,38H,2,19-22,24H2,1H3,(H2,36,40,41). The van der Waals surface area contributed by atoms with Crippen LogP contribution in [-0.4, -0.2) is 30.1 Å². The molecule has 0 saturated carbocycles. The zero-order valence-corrected chi connectivity index (χ0v) is 25.0. The molecule has 0 radical (unpaired) electrons. The molecule has 1 unspecified atom stereocenters. The van der Waals surface area contributed by atoms with Crippen molar-refractivity contribution < 1.29 is 23.1 Å². The van der Waals surface area contributed by atoms with Crippen LogP contribution in [0.3, 0.4) is 0 Å². The summed E-state index contributed by atoms with van der Waals surface area (Å²) in [4.78, 5) is 18.0. The number of carbonyl (C=O) groups excluding carboxylic acids is 1. The van der Waals surface area contributed by atoms with Gasteiger partial charge in [-0.3, -0.25) is 0 Å². The topological polar surface area (TPSA) is 120 Å². The van der Waals surface area contributed by atoms with Crippen LogP contribution in [0, 0.1) is 0 Å². The maximum absolute atomic E-state index is 13.9. The number of ether oxygens (including phenoxy) is 1. The number of esters is 1. The van der Waals surface area contributed by atoms with Crippen LogP contribution in [-0.2, 0) is 32.4 Å². The van der Waals surface area contributed by atoms with Gasteiger partial charge in [0.1, 0.15) is 11.4 Å². The Balaban J connectivity index is 1.52. The third-order valence-corrected chi connectivity index (χ3v) is 9.04. The molecule has 1 aromatic heterocycles. The molecule has 1 aliphatic heterocycles. The number of hydrogen-bond donors (Lipinski definition) is 2. The SMILES string of the molecule is CCC(C1=C(O)CC(CCc2ccccc2)(CCc2ccccc2)OC1=O)c1ccccc1-c1cccnc1S(N)(=O)=O. The minimum atomic E-state index is -4.12. The second kappa shape index (κ2) is 12.9. The van der Waals surface area contributed by atoms with Gasteiger partial charge in [0.05, 0.1) is 5.57 Å². The summed E-state index contributed by atoms with van der Waals surface area (Å²) in [6.07, 6.45) is 4.56. The Morgan fingerprint density at radius 3 is 1.98 bits per heavy atom. The highest BCUT2D eigenvalue weighted by Crippen LogP contribution is 2.44. The Hall–Kier alpha value is -4.27. The summed E-state index contributed by atoms with van der Waals surface area (Å²) in [6.45, 7) is 1.92. The zero-order chi connectivity index (χ0) is 30.5. The number of hydrogen-bond acceptors (Lipinski definition) is 6. The molecule has 0 aliphatic carbocycles. The van der Waals surface area contributed by atoms with Gasteiger partial charge in [0, 0.05) is 24.1 Å². The van der Waals surface area contributed by atoms with Crippen LogP contribution in [0.4, 0.5) is 0 Å². The number of sulfonamides is 1. The lowest BCUT2D eigenvalue weighted by atomic mass is 9.78. The number of pyridine rings is 1. The highest BCUT2D eigenvalue weighted by Gasteiger charge is 2.43. The molecule has 4 aromatic rings. The van der Waals surface area contributed by atoms with E-state index in [0.717, 1.165) is 11.1 Å². The first-order valence-electron chi connectivity index (χ1n) is 14.5. The number of rotatable bonds is 11. The third kappa shape index (κ3) is 6.87. The first-order chi connectivity index (χ1) is 20.7. The molecule has 3 aromatic carbocycles. The first kappa shape index (κ1) is 30.2. The van der Waals surface area contributed by atoms with Crippen molar-refractivity contribution >= 4 is 16.0 Å². The smallest absolute Gasteiger partial charge is 0.338 e. The molecule has 5 rings (SSSR count). The molecule has 7 nitrogen and oxygen atoms in total. The van der Waals surface area contributed by atoms with Gasteiger partial charge in [-0.05, 0) is 66.5 Å². The molecule has 2 heterocycles. The molecule has 8 heteroatoms. The number of aliphatic hydroxyl groups excluding tert-OH is 1. The quantitative estimate of drug-likeness (QED) is 0.187. The number of nitrogens with zero attached hydrogens (tertiary/aromatic N) is 1. The highest BCUT2D eigenvalue weighted by atomic mass is 32.2. The molecule has 0 fully saturated rings. The molecule has 0 saturated heterocycles. The summed E-state index contributed by atoms with van der Waals surface area (Å²) in [5.41, 5.74) is 3.18. The van der Waals surface area contributed by atoms with Crippen molar-refractivity contribution in [3.8, 4) is 11.1 Å². The van der Waals surface area contributed by atoms with E-state index in [1.165, 1.54) is 6.20 Å². The van der Waals surface area contributed by atoms with Gasteiger partial charge in [0.15, 0.2) is 5.03 Å². The normalized spacial score (nSPS) is 15.6. The molecule has 1 aliphatic rings. The minimum absolute atomic E-state index is 0.0110. The average Bonchev–Trinajstić information content (AvgIpc) is 3.01. The second-order valence-corrected chi connectivity index (χ2v) is 12.5. The zero-order valence-electron chi connectivity index (χ0n) is 24.1. The van der Waals surface area contributed by atoms with Gasteiger partial charge in [-0.1, -0.05) is 91.9 Å². The van der Waals surface area contributed by atoms with E-state index >= 15 is 0 Å². The van der Waals surface area contributed by atoms with Crippen LogP contribution in [0.2, 0.25) is 0 Å². The molecule has 0 bridgehead atoms. The van der Waals surface area contributed by atoms with E-state index in [1.54, 1.807) is 24.3 Å². The van der Waals surface area contributed by atoms with Crippen molar-refractivity contribution in [2.75, 3.05) is 0 Å². The molecule has 3 N–H and O–H groups in total. The van der Waals surface area contributed by atoms with E-state index in [-0.39, 0.29) is 22.8 Å². The Kier molecular flexibility index (Phi) is 9.08. The fourth-order valence-electron chi connectivity index (χ4n) is 6.03. The lowest BCUT2D eigenvalue weighted by Crippen LogP contribution is -2.42. The monoisotopic (exact) mass is 596 g/mol. The molecule has 0 spiro atoms. The van der Waals surface area contributed by atoms with Crippen molar-refractivity contribution in [2.24, 2.45) is 5.14 Å². The number of aromatic nitrogens is 1. The van der Waals surface area contributed by atoms with Gasteiger partial charge in [-0.15, -0.1) is 0 Å². The predicted molar refractivity (Wildman–Crippen MR) is 167 cm³/mol. The van der Waals surface area contributed by atoms with Gasteiger partial charge < -0.3 is 9.84 Å². The predicted octanol–water partition coefficient (Wildman–Crippen LogP) is 6.65. The maximum Gasteiger partial charge on any atom is 0.338 e. The van der Waals surface area contributed by atoms with E-state index in [4.69, 9.17) is 9.88 Å². The third-order valence-electron chi connectivity index (χ3n) is 8.18. The molecule has 222 valence electrons. The maximum atomic E-state index is 13.9. The van der Waals surface area contributed by atoms with E-state index in [0.29, 0.717) is 48.8 Å². The summed E-state index contributed by atoms with van der Waals surface area (Å²) in [5.74, 6) is -1.08. The van der Waals surface area contributed by atoms with Crippen LogP contribution in [0.1, 0.15) is 55.2 Å². The van der Waals surface area contributed by atoms with Crippen LogP contribution >= 0.6 is 0 Å². The fourth-order valence-corrected chi connectivity index (χ4v) is 6.73. The lowest BCUT2D eigenvalue weighted by Gasteiger charge is -2.39. The number of aliphatic hydroxyl groups is 1. The second-order valence-electron chi connectivity index (χ2n) is 11.0. The van der Waals surface area contributed by atoms with Crippen LogP contribution < -0.4 is 5.14 Å². The number of carbonyl (C=O) groups is 1. The van der Waals surface area contributed by atoms with Gasteiger partial charge in [0.2, 0.25) is 0 Å². The average molecular weight is 597 g/mol. The van der Waals surface area contributed by atoms with Gasteiger partial charge in [0.25, 0.3) is 10.0 Å². The van der Waals surface area contributed by atoms with Crippen LogP contribution in [0.5, 0.6) is 0 Å². The van der Waals surface area contributed by atoms with Crippen LogP contribution in [0.15, 0.2) is 120 Å². The Morgan fingerprint density at radius 1 is 0.860 bits per heavy atom. The molecular formula is C35H36N2O5S. The number of benzene rings is 3. The first-order valence-corrected chi connectivity index (χ1v) is 16.1. The Bertz CT molecular complexity index is 1680. The van der Waals surface area contributed by atoms with E-state index < -0.39 is 27.5 Å². The van der Waals surface area contributed by atoms with Crippen LogP contribution in [0.25, 0.3) is 11.1 Å². The Labute approximate surface area is 253 Å². The summed E-state index contributed by atoms with van der Waals surface area (Å²) >= 11 is 0. The van der Waals surface area contributed by atoms with Gasteiger partial charge in [-0.25, -0.2) is 23.3 Å². The van der Waals surface area contributed by atoms with E-state index in [2.05, 4.69) is 29.2 Å². The molecule has 43 heavy (non-hydrogen) atoms. The summed E-state index contributed by atoms with van der Waals surface area (Å²) in [7, 11) is -4.12. The van der Waals surface area contributed by atoms with Gasteiger partial charge in [-0.2, -0.15) is 0 Å². The number of aryl methyl sites for hydroxylation is 2. The lowest BCUT2D eigenvalue weighted by molar-refractivity contribution is -0.161. The molecular weight excluding hydrogens is 560 g/mol. The largest absolute Gasteiger partial charge is 0.512 e. The molecule has 1 atom stereocenters. The van der Waals surface area contributed by atoms with Crippen molar-refractivity contribution in [3.63, 3.8) is 0 Å². The van der Waals surface area contributed by atoms with E-state index in [9.17, 15) is 18.3 Å². The number of cyclic esters (lactones) is 1.